The van der Waals surface area contributed by atoms with Crippen molar-refractivity contribution in [2.45, 2.75) is 38.3 Å². The van der Waals surface area contributed by atoms with Gasteiger partial charge >= 0.3 is 0 Å². The van der Waals surface area contributed by atoms with Gasteiger partial charge in [0.2, 0.25) is 17.8 Å². The molecule has 0 radical (unpaired) electrons. The van der Waals surface area contributed by atoms with E-state index in [0.717, 1.165) is 0 Å². The molecule has 3 heterocycles. The van der Waals surface area contributed by atoms with E-state index < -0.39 is 29.7 Å². The number of carbonyl (C=O) groups excluding carboxylic acids is 3. The number of nitrogens with zero attached hydrogens (tertiary/aromatic N) is 3. The molecule has 1 N–H and O–H groups in total. The van der Waals surface area contributed by atoms with Crippen molar-refractivity contribution in [3.8, 4) is 0 Å². The van der Waals surface area contributed by atoms with E-state index in [2.05, 4.69) is 15.3 Å². The minimum atomic E-state index is -1.56. The molecule has 1 aromatic heterocycles. The molecule has 1 aromatic rings. The standard InChI is InChI=1S/C21H22F2N4O3/c22-16-7-14(8-17(23)19(16)15-1-2-18(29)26-20(15)30)13-3-5-27(6-4-13)21-24-9-12(11-28)10-25-21/h7,9-11,13,15,17H,1-6,8H2,(H,26,29,30). The van der Waals surface area contributed by atoms with Gasteiger partial charge in [-0.2, -0.15) is 0 Å². The fourth-order valence-electron chi connectivity index (χ4n) is 4.44. The first-order valence-electron chi connectivity index (χ1n) is 10.1. The smallest absolute Gasteiger partial charge is 0.233 e. The summed E-state index contributed by atoms with van der Waals surface area (Å²) in [5.41, 5.74) is 0.988. The van der Waals surface area contributed by atoms with Gasteiger partial charge in [-0.05, 0) is 31.3 Å². The first-order chi connectivity index (χ1) is 14.5. The molecule has 158 valence electrons. The summed E-state index contributed by atoms with van der Waals surface area (Å²) >= 11 is 0. The Morgan fingerprint density at radius 3 is 2.43 bits per heavy atom. The number of hydrogen-bond donors (Lipinski definition) is 1. The number of anilines is 1. The van der Waals surface area contributed by atoms with Crippen LogP contribution < -0.4 is 10.2 Å². The Hall–Kier alpha value is -2.97. The van der Waals surface area contributed by atoms with Crippen molar-refractivity contribution >= 4 is 24.0 Å². The van der Waals surface area contributed by atoms with Crippen molar-refractivity contribution in [1.29, 1.82) is 0 Å². The van der Waals surface area contributed by atoms with Gasteiger partial charge in [-0.3, -0.25) is 19.7 Å². The monoisotopic (exact) mass is 416 g/mol. The van der Waals surface area contributed by atoms with E-state index in [9.17, 15) is 23.2 Å². The van der Waals surface area contributed by atoms with Crippen LogP contribution in [-0.2, 0) is 9.59 Å². The van der Waals surface area contributed by atoms with Gasteiger partial charge in [0.1, 0.15) is 12.0 Å². The largest absolute Gasteiger partial charge is 0.341 e. The van der Waals surface area contributed by atoms with Gasteiger partial charge in [0.15, 0.2) is 6.29 Å². The van der Waals surface area contributed by atoms with Gasteiger partial charge in [0.05, 0.1) is 11.5 Å². The summed E-state index contributed by atoms with van der Waals surface area (Å²) in [6, 6.07) is 0. The van der Waals surface area contributed by atoms with E-state index in [0.29, 0.717) is 49.3 Å². The quantitative estimate of drug-likeness (QED) is 0.599. The zero-order valence-corrected chi connectivity index (χ0v) is 16.3. The molecule has 30 heavy (non-hydrogen) atoms. The van der Waals surface area contributed by atoms with Crippen LogP contribution in [0, 0.1) is 11.8 Å². The summed E-state index contributed by atoms with van der Waals surface area (Å²) in [5, 5.41) is 2.17. The maximum Gasteiger partial charge on any atom is 0.233 e. The van der Waals surface area contributed by atoms with Gasteiger partial charge < -0.3 is 4.90 Å². The SMILES string of the molecule is O=Cc1cnc(N2CCC(C3=CC(F)=C(C4CCC(=O)NC4=O)C(F)C3)CC2)nc1. The Morgan fingerprint density at radius 2 is 1.83 bits per heavy atom. The van der Waals surface area contributed by atoms with Crippen molar-refractivity contribution < 1.29 is 23.2 Å². The molecule has 2 saturated heterocycles. The van der Waals surface area contributed by atoms with Crippen molar-refractivity contribution in [2.24, 2.45) is 11.8 Å². The number of nitrogens with one attached hydrogen (secondary N) is 1. The molecule has 2 fully saturated rings. The maximum atomic E-state index is 14.9. The first kappa shape index (κ1) is 20.3. The molecule has 4 rings (SSSR count). The number of allylic oxidation sites excluding steroid dienone is 3. The Labute approximate surface area is 172 Å². The highest BCUT2D eigenvalue weighted by atomic mass is 19.1. The third-order valence-electron chi connectivity index (χ3n) is 6.05. The highest BCUT2D eigenvalue weighted by Crippen LogP contribution is 2.40. The third kappa shape index (κ3) is 4.01. The molecule has 2 amide bonds. The predicted molar refractivity (Wildman–Crippen MR) is 104 cm³/mol. The zero-order chi connectivity index (χ0) is 21.3. The molecular formula is C21H22F2N4O3. The van der Waals surface area contributed by atoms with Gasteiger partial charge in [0, 0.05) is 43.9 Å². The molecule has 2 unspecified atom stereocenters. The third-order valence-corrected chi connectivity index (χ3v) is 6.05. The molecule has 0 spiro atoms. The van der Waals surface area contributed by atoms with E-state index in [1.165, 1.54) is 18.5 Å². The Kier molecular flexibility index (Phi) is 5.69. The molecule has 2 aliphatic heterocycles. The first-order valence-corrected chi connectivity index (χ1v) is 10.1. The van der Waals surface area contributed by atoms with Crippen LogP contribution in [0.25, 0.3) is 0 Å². The van der Waals surface area contributed by atoms with Crippen LogP contribution in [0.3, 0.4) is 0 Å². The fraction of sp³-hybridized carbons (Fsp3) is 0.476. The number of piperidine rings is 2. The minimum absolute atomic E-state index is 0.0443. The van der Waals surface area contributed by atoms with Crippen molar-refractivity contribution in [3.63, 3.8) is 0 Å². The molecular weight excluding hydrogens is 394 g/mol. The molecule has 0 saturated carbocycles. The number of aromatic nitrogens is 2. The number of halogens is 2. The molecule has 9 heteroatoms. The van der Waals surface area contributed by atoms with Gasteiger partial charge in [-0.25, -0.2) is 18.7 Å². The molecule has 2 atom stereocenters. The summed E-state index contributed by atoms with van der Waals surface area (Å²) in [6.07, 6.45) is 5.14. The number of aldehydes is 1. The Morgan fingerprint density at radius 1 is 1.13 bits per heavy atom. The maximum absolute atomic E-state index is 14.9. The van der Waals surface area contributed by atoms with Crippen LogP contribution >= 0.6 is 0 Å². The zero-order valence-electron chi connectivity index (χ0n) is 16.3. The van der Waals surface area contributed by atoms with Crippen LogP contribution in [0.4, 0.5) is 14.7 Å². The number of amides is 2. The number of rotatable bonds is 4. The molecule has 0 aromatic carbocycles. The average Bonchev–Trinajstić information content (AvgIpc) is 2.75. The number of hydrogen-bond acceptors (Lipinski definition) is 6. The predicted octanol–water partition coefficient (Wildman–Crippen LogP) is 2.45. The average molecular weight is 416 g/mol. The van der Waals surface area contributed by atoms with E-state index in [1.54, 1.807) is 0 Å². The van der Waals surface area contributed by atoms with Crippen LogP contribution in [0.15, 0.2) is 35.4 Å². The van der Waals surface area contributed by atoms with Crippen molar-refractivity contribution in [1.82, 2.24) is 15.3 Å². The summed E-state index contributed by atoms with van der Waals surface area (Å²) in [6.45, 7) is 1.29. The van der Waals surface area contributed by atoms with E-state index in [4.69, 9.17) is 0 Å². The summed E-state index contributed by atoms with van der Waals surface area (Å²) in [7, 11) is 0. The van der Waals surface area contributed by atoms with E-state index in [-0.39, 0.29) is 30.8 Å². The van der Waals surface area contributed by atoms with Crippen molar-refractivity contribution in [3.05, 3.63) is 41.0 Å². The number of imide groups is 1. The summed E-state index contributed by atoms with van der Waals surface area (Å²) in [5.74, 6) is -2.06. The topological polar surface area (TPSA) is 92.3 Å². The van der Waals surface area contributed by atoms with E-state index >= 15 is 0 Å². The fourth-order valence-corrected chi connectivity index (χ4v) is 4.44. The molecule has 1 aliphatic carbocycles. The van der Waals surface area contributed by atoms with Gasteiger partial charge in [-0.1, -0.05) is 5.57 Å². The lowest BCUT2D eigenvalue weighted by molar-refractivity contribution is -0.135. The van der Waals surface area contributed by atoms with Crippen LogP contribution in [-0.4, -0.2) is 47.3 Å². The highest BCUT2D eigenvalue weighted by molar-refractivity contribution is 6.00. The normalized spacial score (nSPS) is 25.8. The van der Waals surface area contributed by atoms with Gasteiger partial charge in [0.25, 0.3) is 0 Å². The second-order valence-corrected chi connectivity index (χ2v) is 7.89. The summed E-state index contributed by atoms with van der Waals surface area (Å²) in [4.78, 5) is 44.4. The Balaban J connectivity index is 1.44. The number of alkyl halides is 1. The van der Waals surface area contributed by atoms with Crippen LogP contribution in [0.2, 0.25) is 0 Å². The molecule has 0 bridgehead atoms. The Bertz CT molecular complexity index is 921. The van der Waals surface area contributed by atoms with E-state index in [1.807, 2.05) is 4.90 Å². The molecule has 7 nitrogen and oxygen atoms in total. The lowest BCUT2D eigenvalue weighted by atomic mass is 9.78. The van der Waals surface area contributed by atoms with Crippen molar-refractivity contribution in [2.75, 3.05) is 18.0 Å². The van der Waals surface area contributed by atoms with Crippen LogP contribution in [0.5, 0.6) is 0 Å². The minimum Gasteiger partial charge on any atom is -0.341 e. The lowest BCUT2D eigenvalue weighted by Crippen LogP contribution is -2.43. The van der Waals surface area contributed by atoms with Gasteiger partial charge in [-0.15, -0.1) is 0 Å². The second-order valence-electron chi connectivity index (χ2n) is 7.89. The lowest BCUT2D eigenvalue weighted by Gasteiger charge is -2.35. The molecule has 3 aliphatic rings. The second kappa shape index (κ2) is 8.41. The number of carbonyl (C=O) groups is 3. The van der Waals surface area contributed by atoms with Crippen LogP contribution in [0.1, 0.15) is 42.5 Å². The highest BCUT2D eigenvalue weighted by Gasteiger charge is 2.38. The summed E-state index contributed by atoms with van der Waals surface area (Å²) < 4.78 is 29.7.